The van der Waals surface area contributed by atoms with Gasteiger partial charge in [0.2, 0.25) is 0 Å². The van der Waals surface area contributed by atoms with E-state index < -0.39 is 11.9 Å². The van der Waals surface area contributed by atoms with Gasteiger partial charge in [0.15, 0.2) is 5.78 Å². The first-order valence-corrected chi connectivity index (χ1v) is 11.7. The number of carbonyl (C=O) groups excluding carboxylic acids is 1. The number of hydrogen-bond acceptors (Lipinski definition) is 3. The zero-order chi connectivity index (χ0) is 21.3. The highest BCUT2D eigenvalue weighted by Gasteiger charge is 2.26. The van der Waals surface area contributed by atoms with Gasteiger partial charge in [0, 0.05) is 11.3 Å². The van der Waals surface area contributed by atoms with Crippen molar-refractivity contribution in [2.75, 3.05) is 5.73 Å². The monoisotopic (exact) mass is 403 g/mol. The van der Waals surface area contributed by atoms with E-state index in [0.29, 0.717) is 17.7 Å². The summed E-state index contributed by atoms with van der Waals surface area (Å²) in [6.07, 6.45) is 18.1. The van der Waals surface area contributed by atoms with Crippen LogP contribution >= 0.6 is 0 Å². The first-order valence-electron chi connectivity index (χ1n) is 11.7. The standard InChI is InChI=1S/C25H41NO3/c1-2-3-4-5-6-7-8-9-10-11-12-13-14-15-16-23(25(28)29)24(27)21-17-19-22(26)20-18-21/h17-20,23H,2-16,26H2,1H3,(H,28,29). The van der Waals surface area contributed by atoms with Crippen molar-refractivity contribution < 1.29 is 14.7 Å². The van der Waals surface area contributed by atoms with Crippen molar-refractivity contribution in [2.24, 2.45) is 5.92 Å². The molecule has 1 unspecified atom stereocenters. The number of anilines is 1. The van der Waals surface area contributed by atoms with E-state index in [-0.39, 0.29) is 5.78 Å². The van der Waals surface area contributed by atoms with Crippen molar-refractivity contribution in [3.05, 3.63) is 29.8 Å². The van der Waals surface area contributed by atoms with Gasteiger partial charge >= 0.3 is 5.97 Å². The molecule has 0 saturated carbocycles. The van der Waals surface area contributed by atoms with E-state index in [9.17, 15) is 14.7 Å². The van der Waals surface area contributed by atoms with Crippen molar-refractivity contribution >= 4 is 17.4 Å². The molecule has 0 aliphatic carbocycles. The molecule has 0 amide bonds. The fourth-order valence-electron chi connectivity index (χ4n) is 3.76. The number of unbranched alkanes of at least 4 members (excludes halogenated alkanes) is 13. The zero-order valence-electron chi connectivity index (χ0n) is 18.3. The molecule has 3 N–H and O–H groups in total. The SMILES string of the molecule is CCCCCCCCCCCCCCCCC(C(=O)O)C(=O)c1ccc(N)cc1. The average Bonchev–Trinajstić information content (AvgIpc) is 2.71. The van der Waals surface area contributed by atoms with E-state index in [0.717, 1.165) is 19.3 Å². The molecule has 0 bridgehead atoms. The number of carboxylic acid groups (broad SMARTS) is 1. The largest absolute Gasteiger partial charge is 0.481 e. The van der Waals surface area contributed by atoms with Crippen molar-refractivity contribution in [3.8, 4) is 0 Å². The lowest BCUT2D eigenvalue weighted by atomic mass is 9.92. The maximum Gasteiger partial charge on any atom is 0.314 e. The van der Waals surface area contributed by atoms with Crippen LogP contribution in [0.4, 0.5) is 5.69 Å². The van der Waals surface area contributed by atoms with Gasteiger partial charge in [-0.15, -0.1) is 0 Å². The molecule has 1 atom stereocenters. The second-order valence-corrected chi connectivity index (χ2v) is 8.26. The van der Waals surface area contributed by atoms with E-state index in [1.54, 1.807) is 24.3 Å². The molecule has 0 radical (unpaired) electrons. The van der Waals surface area contributed by atoms with Gasteiger partial charge in [-0.25, -0.2) is 0 Å². The molecule has 1 rings (SSSR count). The van der Waals surface area contributed by atoms with E-state index in [1.165, 1.54) is 70.6 Å². The predicted molar refractivity (Wildman–Crippen MR) is 121 cm³/mol. The second-order valence-electron chi connectivity index (χ2n) is 8.26. The first-order chi connectivity index (χ1) is 14.1. The average molecular weight is 404 g/mol. The molecule has 1 aromatic rings. The van der Waals surface area contributed by atoms with Gasteiger partial charge in [-0.05, 0) is 30.7 Å². The van der Waals surface area contributed by atoms with Crippen LogP contribution in [0.2, 0.25) is 0 Å². The van der Waals surface area contributed by atoms with Gasteiger partial charge < -0.3 is 10.8 Å². The fraction of sp³-hybridized carbons (Fsp3) is 0.680. The summed E-state index contributed by atoms with van der Waals surface area (Å²) in [5.41, 5.74) is 6.63. The van der Waals surface area contributed by atoms with Crippen LogP contribution in [-0.2, 0) is 4.79 Å². The summed E-state index contributed by atoms with van der Waals surface area (Å²) in [4.78, 5) is 23.9. The Morgan fingerprint density at radius 3 is 1.59 bits per heavy atom. The Balaban J connectivity index is 2.06. The summed E-state index contributed by atoms with van der Waals surface area (Å²) in [5, 5.41) is 9.42. The lowest BCUT2D eigenvalue weighted by Gasteiger charge is -2.11. The van der Waals surface area contributed by atoms with Crippen molar-refractivity contribution in [3.63, 3.8) is 0 Å². The number of nitrogen functional groups attached to an aromatic ring is 1. The van der Waals surface area contributed by atoms with Gasteiger partial charge in [0.1, 0.15) is 5.92 Å². The third kappa shape index (κ3) is 11.7. The van der Waals surface area contributed by atoms with E-state index >= 15 is 0 Å². The smallest absolute Gasteiger partial charge is 0.314 e. The van der Waals surface area contributed by atoms with E-state index in [2.05, 4.69) is 6.92 Å². The quantitative estimate of drug-likeness (QED) is 0.119. The summed E-state index contributed by atoms with van der Waals surface area (Å²) in [7, 11) is 0. The Hall–Kier alpha value is -1.84. The molecule has 0 heterocycles. The third-order valence-electron chi connectivity index (χ3n) is 5.66. The summed E-state index contributed by atoms with van der Waals surface area (Å²) in [6, 6.07) is 6.49. The Labute approximate surface area is 177 Å². The minimum atomic E-state index is -1.03. The number of hydrogen-bond donors (Lipinski definition) is 2. The first kappa shape index (κ1) is 25.2. The van der Waals surface area contributed by atoms with Crippen LogP contribution < -0.4 is 5.73 Å². The summed E-state index contributed by atoms with van der Waals surface area (Å²) in [6.45, 7) is 2.26. The lowest BCUT2D eigenvalue weighted by molar-refractivity contribution is -0.140. The third-order valence-corrected chi connectivity index (χ3v) is 5.66. The molecule has 1 aromatic carbocycles. The minimum Gasteiger partial charge on any atom is -0.481 e. The predicted octanol–water partition coefficient (Wildman–Crippen LogP) is 7.02. The lowest BCUT2D eigenvalue weighted by Crippen LogP contribution is -2.24. The molecule has 4 heteroatoms. The normalized spacial score (nSPS) is 12.0. The summed E-state index contributed by atoms with van der Waals surface area (Å²) >= 11 is 0. The number of aliphatic carboxylic acids is 1. The molecule has 0 aliphatic rings. The molecule has 0 saturated heterocycles. The Morgan fingerprint density at radius 2 is 1.17 bits per heavy atom. The van der Waals surface area contributed by atoms with Gasteiger partial charge in [-0.3, -0.25) is 9.59 Å². The van der Waals surface area contributed by atoms with Gasteiger partial charge in [0.25, 0.3) is 0 Å². The van der Waals surface area contributed by atoms with Crippen LogP contribution in [-0.4, -0.2) is 16.9 Å². The minimum absolute atomic E-state index is 0.313. The molecule has 4 nitrogen and oxygen atoms in total. The van der Waals surface area contributed by atoms with Gasteiger partial charge in [-0.2, -0.15) is 0 Å². The highest BCUT2D eigenvalue weighted by Crippen LogP contribution is 2.19. The molecular weight excluding hydrogens is 362 g/mol. The molecule has 0 aliphatic heterocycles. The maximum absolute atomic E-state index is 12.4. The Morgan fingerprint density at radius 1 is 0.759 bits per heavy atom. The van der Waals surface area contributed by atoms with E-state index in [4.69, 9.17) is 5.73 Å². The number of Topliss-reactive ketones (excluding diaryl/α,β-unsaturated/α-hetero) is 1. The van der Waals surface area contributed by atoms with Gasteiger partial charge in [-0.1, -0.05) is 96.8 Å². The number of carboxylic acids is 1. The number of ketones is 1. The Bertz CT molecular complexity index is 568. The molecule has 29 heavy (non-hydrogen) atoms. The molecular formula is C25H41NO3. The number of rotatable bonds is 18. The maximum atomic E-state index is 12.4. The number of carbonyl (C=O) groups is 2. The summed E-state index contributed by atoms with van der Waals surface area (Å²) in [5.74, 6) is -2.29. The van der Waals surface area contributed by atoms with Crippen molar-refractivity contribution in [1.82, 2.24) is 0 Å². The van der Waals surface area contributed by atoms with Crippen LogP contribution in [0.5, 0.6) is 0 Å². The van der Waals surface area contributed by atoms with Crippen LogP contribution in [0.1, 0.15) is 114 Å². The number of nitrogens with two attached hydrogens (primary N) is 1. The van der Waals surface area contributed by atoms with Crippen LogP contribution in [0.3, 0.4) is 0 Å². The molecule has 0 spiro atoms. The molecule has 164 valence electrons. The highest BCUT2D eigenvalue weighted by molar-refractivity contribution is 6.08. The van der Waals surface area contributed by atoms with Crippen molar-refractivity contribution in [2.45, 2.75) is 103 Å². The summed E-state index contributed by atoms with van der Waals surface area (Å²) < 4.78 is 0. The van der Waals surface area contributed by atoms with Crippen LogP contribution in [0, 0.1) is 5.92 Å². The highest BCUT2D eigenvalue weighted by atomic mass is 16.4. The molecule has 0 aromatic heterocycles. The molecule has 0 fully saturated rings. The zero-order valence-corrected chi connectivity index (χ0v) is 18.3. The van der Waals surface area contributed by atoms with E-state index in [1.807, 2.05) is 0 Å². The second kappa shape index (κ2) is 16.0. The van der Waals surface area contributed by atoms with Crippen LogP contribution in [0.15, 0.2) is 24.3 Å². The number of benzene rings is 1. The van der Waals surface area contributed by atoms with Crippen LogP contribution in [0.25, 0.3) is 0 Å². The van der Waals surface area contributed by atoms with Gasteiger partial charge in [0.05, 0.1) is 0 Å². The topological polar surface area (TPSA) is 80.4 Å². The Kier molecular flexibility index (Phi) is 13.9. The van der Waals surface area contributed by atoms with Crippen molar-refractivity contribution in [1.29, 1.82) is 0 Å². The fourth-order valence-corrected chi connectivity index (χ4v) is 3.76.